The summed E-state index contributed by atoms with van der Waals surface area (Å²) in [5, 5.41) is 0. The Balaban J connectivity index is 1.77. The molecule has 1 atom stereocenters. The number of ether oxygens (including phenoxy) is 1. The molecule has 1 unspecified atom stereocenters. The molecule has 3 rings (SSSR count). The summed E-state index contributed by atoms with van der Waals surface area (Å²) in [4.78, 5) is 26.7. The first-order chi connectivity index (χ1) is 12.7. The zero-order chi connectivity index (χ0) is 19.8. The van der Waals surface area contributed by atoms with Crippen LogP contribution in [0.15, 0.2) is 49.0 Å². The quantitative estimate of drug-likeness (QED) is 0.723. The Bertz CT molecular complexity index is 891. The van der Waals surface area contributed by atoms with Crippen LogP contribution in [0.1, 0.15) is 60.7 Å². The highest BCUT2D eigenvalue weighted by Crippen LogP contribution is 2.30. The smallest absolute Gasteiger partial charge is 0.313 e. The van der Waals surface area contributed by atoms with E-state index in [9.17, 15) is 9.59 Å². The summed E-state index contributed by atoms with van der Waals surface area (Å²) in [6.07, 6.45) is 1.78. The van der Waals surface area contributed by atoms with Crippen LogP contribution in [0.2, 0.25) is 0 Å². The monoisotopic (exact) mass is 363 g/mol. The van der Waals surface area contributed by atoms with Crippen molar-refractivity contribution in [3.63, 3.8) is 0 Å². The van der Waals surface area contributed by atoms with Gasteiger partial charge in [0.1, 0.15) is 5.60 Å². The molecule has 140 valence electrons. The summed E-state index contributed by atoms with van der Waals surface area (Å²) in [6, 6.07) is 13.3. The number of anilines is 1. The Morgan fingerprint density at radius 1 is 1.19 bits per heavy atom. The van der Waals surface area contributed by atoms with Crippen LogP contribution in [0.5, 0.6) is 0 Å². The lowest BCUT2D eigenvalue weighted by Gasteiger charge is -2.23. The number of carbonyl (C=O) groups excluding carboxylic acids is 2. The van der Waals surface area contributed by atoms with E-state index in [0.29, 0.717) is 6.54 Å². The third kappa shape index (κ3) is 3.95. The zero-order valence-corrected chi connectivity index (χ0v) is 16.3. The summed E-state index contributed by atoms with van der Waals surface area (Å²) in [7, 11) is 0. The van der Waals surface area contributed by atoms with Gasteiger partial charge in [0.15, 0.2) is 0 Å². The Morgan fingerprint density at radius 3 is 2.44 bits per heavy atom. The molecule has 1 aliphatic rings. The van der Waals surface area contributed by atoms with Gasteiger partial charge in [0, 0.05) is 11.3 Å². The highest BCUT2D eigenvalue weighted by atomic mass is 16.6. The fraction of sp³-hybridized carbons (Fsp3) is 0.304. The van der Waals surface area contributed by atoms with Gasteiger partial charge in [-0.2, -0.15) is 0 Å². The lowest BCUT2D eigenvalue weighted by atomic mass is 10.0. The lowest BCUT2D eigenvalue weighted by Crippen LogP contribution is -2.27. The first-order valence-electron chi connectivity index (χ1n) is 9.09. The summed E-state index contributed by atoms with van der Waals surface area (Å²) in [5.41, 5.74) is 3.91. The molecule has 1 amide bonds. The summed E-state index contributed by atoms with van der Waals surface area (Å²) in [5.74, 6) is -0.620. The van der Waals surface area contributed by atoms with E-state index in [0.717, 1.165) is 27.9 Å². The van der Waals surface area contributed by atoms with E-state index >= 15 is 0 Å². The van der Waals surface area contributed by atoms with Crippen LogP contribution in [-0.2, 0) is 16.1 Å². The highest BCUT2D eigenvalue weighted by molar-refractivity contribution is 6.10. The van der Waals surface area contributed by atoms with E-state index in [1.54, 1.807) is 11.0 Å². The Kier molecular flexibility index (Phi) is 4.92. The fourth-order valence-electron chi connectivity index (χ4n) is 3.15. The number of rotatable bonds is 4. The van der Waals surface area contributed by atoms with Gasteiger partial charge >= 0.3 is 5.97 Å². The maximum Gasteiger partial charge on any atom is 0.313 e. The number of hydrogen-bond donors (Lipinski definition) is 0. The van der Waals surface area contributed by atoms with Gasteiger partial charge in [0.25, 0.3) is 5.91 Å². The summed E-state index contributed by atoms with van der Waals surface area (Å²) < 4.78 is 5.45. The van der Waals surface area contributed by atoms with Gasteiger partial charge in [0.2, 0.25) is 0 Å². The van der Waals surface area contributed by atoms with Crippen LogP contribution < -0.4 is 4.90 Å². The minimum Gasteiger partial charge on any atom is -0.460 e. The average molecular weight is 363 g/mol. The lowest BCUT2D eigenvalue weighted by molar-refractivity contribution is -0.156. The van der Waals surface area contributed by atoms with Crippen molar-refractivity contribution in [1.29, 1.82) is 0 Å². The van der Waals surface area contributed by atoms with Crippen LogP contribution in [0.25, 0.3) is 6.08 Å². The molecule has 2 aromatic carbocycles. The Labute approximate surface area is 160 Å². The molecule has 0 saturated heterocycles. The van der Waals surface area contributed by atoms with Crippen LogP contribution in [0.3, 0.4) is 0 Å². The molecular formula is C23H25NO3. The number of amides is 1. The molecule has 4 heteroatoms. The largest absolute Gasteiger partial charge is 0.460 e. The van der Waals surface area contributed by atoms with E-state index in [1.165, 1.54) is 0 Å². The maximum atomic E-state index is 12.7. The minimum atomic E-state index is -0.511. The molecule has 1 heterocycles. The van der Waals surface area contributed by atoms with Crippen molar-refractivity contribution < 1.29 is 14.3 Å². The van der Waals surface area contributed by atoms with Gasteiger partial charge in [-0.15, -0.1) is 0 Å². The molecular weight excluding hydrogens is 338 g/mol. The number of benzene rings is 2. The van der Waals surface area contributed by atoms with Gasteiger partial charge in [0.05, 0.1) is 12.5 Å². The molecule has 0 bridgehead atoms. The maximum absolute atomic E-state index is 12.7. The fourth-order valence-corrected chi connectivity index (χ4v) is 3.15. The Morgan fingerprint density at radius 2 is 1.85 bits per heavy atom. The molecule has 0 aliphatic carbocycles. The average Bonchev–Trinajstić information content (AvgIpc) is 2.95. The number of hydrogen-bond acceptors (Lipinski definition) is 3. The van der Waals surface area contributed by atoms with Crippen LogP contribution in [0.4, 0.5) is 5.69 Å². The third-order valence-electron chi connectivity index (χ3n) is 4.63. The van der Waals surface area contributed by atoms with Crippen molar-refractivity contribution in [3.8, 4) is 0 Å². The second kappa shape index (κ2) is 7.03. The van der Waals surface area contributed by atoms with E-state index in [4.69, 9.17) is 4.74 Å². The van der Waals surface area contributed by atoms with Gasteiger partial charge in [-0.1, -0.05) is 30.9 Å². The van der Waals surface area contributed by atoms with Crippen LogP contribution in [-0.4, -0.2) is 17.5 Å². The summed E-state index contributed by atoms with van der Waals surface area (Å²) in [6.45, 7) is 11.7. The van der Waals surface area contributed by atoms with Crippen molar-refractivity contribution in [2.75, 3.05) is 4.90 Å². The van der Waals surface area contributed by atoms with Gasteiger partial charge in [-0.3, -0.25) is 9.59 Å². The van der Waals surface area contributed by atoms with E-state index in [-0.39, 0.29) is 17.8 Å². The van der Waals surface area contributed by atoms with Crippen LogP contribution >= 0.6 is 0 Å². The van der Waals surface area contributed by atoms with Crippen LogP contribution in [0, 0.1) is 0 Å². The predicted octanol–water partition coefficient (Wildman–Crippen LogP) is 4.94. The second-order valence-electron chi connectivity index (χ2n) is 7.86. The number of fused-ring (bicyclic) bond motifs is 1. The first kappa shape index (κ1) is 18.9. The normalized spacial score (nSPS) is 14.7. The highest BCUT2D eigenvalue weighted by Gasteiger charge is 2.29. The third-order valence-corrected chi connectivity index (χ3v) is 4.63. The van der Waals surface area contributed by atoms with Gasteiger partial charge < -0.3 is 9.64 Å². The van der Waals surface area contributed by atoms with Gasteiger partial charge in [-0.25, -0.2) is 0 Å². The van der Waals surface area contributed by atoms with Crippen molar-refractivity contribution in [2.45, 2.75) is 45.8 Å². The molecule has 27 heavy (non-hydrogen) atoms. The van der Waals surface area contributed by atoms with Crippen molar-refractivity contribution >= 4 is 23.6 Å². The molecule has 2 aromatic rings. The topological polar surface area (TPSA) is 46.6 Å². The number of esters is 1. The minimum absolute atomic E-state index is 0.00597. The van der Waals surface area contributed by atoms with Crippen molar-refractivity contribution in [3.05, 3.63) is 71.3 Å². The molecule has 4 nitrogen and oxygen atoms in total. The molecule has 1 aliphatic heterocycles. The molecule has 0 radical (unpaired) electrons. The van der Waals surface area contributed by atoms with E-state index < -0.39 is 5.60 Å². The molecule has 0 N–H and O–H groups in total. The standard InChI is InChI=1S/C23H25NO3/c1-6-16-7-12-20-18(13-16)14-24(21(20)25)19-10-8-17(9-11-19)15(2)22(26)27-23(3,4)5/h6-13,15H,1,14H2,2-5H3. The molecule has 0 saturated carbocycles. The summed E-state index contributed by atoms with van der Waals surface area (Å²) >= 11 is 0. The number of nitrogens with zero attached hydrogens (tertiary/aromatic N) is 1. The molecule has 0 spiro atoms. The van der Waals surface area contributed by atoms with Gasteiger partial charge in [-0.05, 0) is 68.7 Å². The predicted molar refractivity (Wildman–Crippen MR) is 108 cm³/mol. The first-order valence-corrected chi connectivity index (χ1v) is 9.09. The Hall–Kier alpha value is -2.88. The second-order valence-corrected chi connectivity index (χ2v) is 7.86. The molecule has 0 fully saturated rings. The van der Waals surface area contributed by atoms with E-state index in [2.05, 4.69) is 6.58 Å². The molecule has 0 aromatic heterocycles. The van der Waals surface area contributed by atoms with E-state index in [1.807, 2.05) is 70.2 Å². The zero-order valence-electron chi connectivity index (χ0n) is 16.3. The SMILES string of the molecule is C=Cc1ccc2c(c1)CN(c1ccc(C(C)C(=O)OC(C)(C)C)cc1)C2=O. The van der Waals surface area contributed by atoms with Crippen molar-refractivity contribution in [2.24, 2.45) is 0 Å². The van der Waals surface area contributed by atoms with Crippen molar-refractivity contribution in [1.82, 2.24) is 0 Å². The number of carbonyl (C=O) groups is 2.